The molecule has 2 atom stereocenters. The summed E-state index contributed by atoms with van der Waals surface area (Å²) in [6.07, 6.45) is 0. The van der Waals surface area contributed by atoms with Gasteiger partial charge in [0.05, 0.1) is 5.69 Å². The van der Waals surface area contributed by atoms with Gasteiger partial charge in [-0.05, 0) is 12.8 Å². The van der Waals surface area contributed by atoms with Gasteiger partial charge in [-0.2, -0.15) is 5.10 Å². The minimum atomic E-state index is -0.432. The zero-order chi connectivity index (χ0) is 12.7. The predicted molar refractivity (Wildman–Crippen MR) is 65.8 cm³/mol. The largest absolute Gasteiger partial charge is 0.365 e. The maximum atomic E-state index is 11.5. The Balaban J connectivity index is 2.42. The zero-order valence-corrected chi connectivity index (χ0v) is 10.5. The molecule has 0 radical (unpaired) electrons. The van der Waals surface area contributed by atoms with Crippen LogP contribution in [0, 0.1) is 12.8 Å². The lowest BCUT2D eigenvalue weighted by Crippen LogP contribution is -2.30. The van der Waals surface area contributed by atoms with E-state index in [9.17, 15) is 4.79 Å². The van der Waals surface area contributed by atoms with E-state index in [1.54, 1.807) is 11.6 Å². The highest BCUT2D eigenvalue weighted by atomic mass is 16.1. The third kappa shape index (κ3) is 1.88. The number of primary amides is 1. The van der Waals surface area contributed by atoms with Gasteiger partial charge in [0.2, 0.25) is 0 Å². The van der Waals surface area contributed by atoms with Gasteiger partial charge in [0.1, 0.15) is 11.4 Å². The molecule has 17 heavy (non-hydrogen) atoms. The molecular formula is C11H19N5O. The molecule has 2 rings (SSSR count). The smallest absolute Gasteiger partial charge is 0.254 e. The monoisotopic (exact) mass is 237 g/mol. The second-order valence-electron chi connectivity index (χ2n) is 4.82. The Morgan fingerprint density at radius 3 is 2.59 bits per heavy atom. The van der Waals surface area contributed by atoms with Crippen molar-refractivity contribution in [3.05, 3.63) is 11.3 Å². The normalized spacial score (nSPS) is 24.4. The molecule has 0 aliphatic carbocycles. The molecule has 2 unspecified atom stereocenters. The highest BCUT2D eigenvalue weighted by Crippen LogP contribution is 2.27. The summed E-state index contributed by atoms with van der Waals surface area (Å²) in [4.78, 5) is 13.6. The van der Waals surface area contributed by atoms with Crippen LogP contribution in [0.15, 0.2) is 0 Å². The standard InChI is InChI=1S/C11H19N5O/c1-6-4-16(5-8(6)12)11-9(10(13)17)7(2)14-15(11)3/h6,8H,4-5,12H2,1-3H3,(H2,13,17). The molecule has 2 heterocycles. The van der Waals surface area contributed by atoms with E-state index in [2.05, 4.69) is 16.9 Å². The summed E-state index contributed by atoms with van der Waals surface area (Å²) in [6, 6.07) is 0.130. The summed E-state index contributed by atoms with van der Waals surface area (Å²) in [5.41, 5.74) is 12.6. The molecule has 1 aliphatic rings. The number of hydrogen-bond acceptors (Lipinski definition) is 4. The summed E-state index contributed by atoms with van der Waals surface area (Å²) < 4.78 is 1.71. The van der Waals surface area contributed by atoms with Crippen LogP contribution in [0.25, 0.3) is 0 Å². The van der Waals surface area contributed by atoms with Crippen LogP contribution < -0.4 is 16.4 Å². The molecule has 4 N–H and O–H groups in total. The fraction of sp³-hybridized carbons (Fsp3) is 0.636. The molecule has 1 aliphatic heterocycles. The van der Waals surface area contributed by atoms with E-state index >= 15 is 0 Å². The molecule has 6 nitrogen and oxygen atoms in total. The lowest BCUT2D eigenvalue weighted by molar-refractivity contribution is 0.1000. The van der Waals surface area contributed by atoms with Crippen molar-refractivity contribution in [2.75, 3.05) is 18.0 Å². The number of nitrogens with two attached hydrogens (primary N) is 2. The zero-order valence-electron chi connectivity index (χ0n) is 10.5. The van der Waals surface area contributed by atoms with E-state index in [1.165, 1.54) is 0 Å². The van der Waals surface area contributed by atoms with Gasteiger partial charge >= 0.3 is 0 Å². The molecule has 0 bridgehead atoms. The number of aryl methyl sites for hydroxylation is 2. The second-order valence-corrected chi connectivity index (χ2v) is 4.82. The van der Waals surface area contributed by atoms with Crippen molar-refractivity contribution < 1.29 is 4.79 Å². The Kier molecular flexibility index (Phi) is 2.82. The third-order valence-corrected chi connectivity index (χ3v) is 3.41. The second kappa shape index (κ2) is 4.03. The molecular weight excluding hydrogens is 218 g/mol. The van der Waals surface area contributed by atoms with Crippen molar-refractivity contribution in [3.8, 4) is 0 Å². The summed E-state index contributed by atoms with van der Waals surface area (Å²) in [7, 11) is 1.82. The topological polar surface area (TPSA) is 90.2 Å². The fourth-order valence-corrected chi connectivity index (χ4v) is 2.46. The highest BCUT2D eigenvalue weighted by molar-refractivity contribution is 5.99. The third-order valence-electron chi connectivity index (χ3n) is 3.41. The molecule has 6 heteroatoms. The van der Waals surface area contributed by atoms with Gasteiger partial charge in [-0.1, -0.05) is 6.92 Å². The van der Waals surface area contributed by atoms with Crippen LogP contribution in [0.3, 0.4) is 0 Å². The molecule has 1 aromatic rings. The maximum absolute atomic E-state index is 11.5. The number of amides is 1. The van der Waals surface area contributed by atoms with E-state index in [4.69, 9.17) is 11.5 Å². The Hall–Kier alpha value is -1.56. The highest BCUT2D eigenvalue weighted by Gasteiger charge is 2.31. The van der Waals surface area contributed by atoms with E-state index in [0.29, 0.717) is 17.2 Å². The average Bonchev–Trinajstić information content (AvgIpc) is 2.68. The first-order valence-corrected chi connectivity index (χ1v) is 5.75. The summed E-state index contributed by atoms with van der Waals surface area (Å²) in [5, 5.41) is 4.26. The van der Waals surface area contributed by atoms with Crippen LogP contribution in [0.4, 0.5) is 5.82 Å². The molecule has 1 amide bonds. The first-order chi connectivity index (χ1) is 7.91. The van der Waals surface area contributed by atoms with Gasteiger partial charge in [0.25, 0.3) is 5.91 Å². The first-order valence-electron chi connectivity index (χ1n) is 5.75. The minimum Gasteiger partial charge on any atom is -0.365 e. The van der Waals surface area contributed by atoms with Gasteiger partial charge in [-0.25, -0.2) is 0 Å². The van der Waals surface area contributed by atoms with Gasteiger partial charge in [-0.15, -0.1) is 0 Å². The molecule has 1 fully saturated rings. The summed E-state index contributed by atoms with van der Waals surface area (Å²) in [6.45, 7) is 5.47. The Bertz CT molecular complexity index is 443. The van der Waals surface area contributed by atoms with Gasteiger partial charge < -0.3 is 16.4 Å². The van der Waals surface area contributed by atoms with Crippen LogP contribution in [-0.4, -0.2) is 34.8 Å². The number of carbonyl (C=O) groups excluding carboxylic acids is 1. The summed E-state index contributed by atoms with van der Waals surface area (Å²) in [5.74, 6) is 0.763. The number of hydrogen-bond donors (Lipinski definition) is 2. The molecule has 94 valence electrons. The molecule has 1 aromatic heterocycles. The van der Waals surface area contributed by atoms with Crippen LogP contribution in [0.5, 0.6) is 0 Å². The Labute approximate surface area is 101 Å². The van der Waals surface area contributed by atoms with Crippen molar-refractivity contribution in [2.45, 2.75) is 19.9 Å². The number of nitrogens with zero attached hydrogens (tertiary/aromatic N) is 3. The van der Waals surface area contributed by atoms with Crippen LogP contribution in [-0.2, 0) is 7.05 Å². The Morgan fingerprint density at radius 2 is 2.12 bits per heavy atom. The predicted octanol–water partition coefficient (Wildman–Crippen LogP) is -0.389. The van der Waals surface area contributed by atoms with Gasteiger partial charge in [0.15, 0.2) is 0 Å². The van der Waals surface area contributed by atoms with E-state index in [-0.39, 0.29) is 6.04 Å². The quantitative estimate of drug-likeness (QED) is 0.733. The number of aromatic nitrogens is 2. The van der Waals surface area contributed by atoms with Crippen LogP contribution >= 0.6 is 0 Å². The average molecular weight is 237 g/mol. The van der Waals surface area contributed by atoms with Crippen molar-refractivity contribution in [1.82, 2.24) is 9.78 Å². The molecule has 0 spiro atoms. The van der Waals surface area contributed by atoms with Crippen LogP contribution in [0.2, 0.25) is 0 Å². The summed E-state index contributed by atoms with van der Waals surface area (Å²) >= 11 is 0. The van der Waals surface area contributed by atoms with Crippen molar-refractivity contribution in [1.29, 1.82) is 0 Å². The van der Waals surface area contributed by atoms with Crippen LogP contribution in [0.1, 0.15) is 23.0 Å². The van der Waals surface area contributed by atoms with Gasteiger partial charge in [-0.3, -0.25) is 9.48 Å². The lowest BCUT2D eigenvalue weighted by Gasteiger charge is -2.19. The van der Waals surface area contributed by atoms with E-state index in [0.717, 1.165) is 18.9 Å². The molecule has 0 saturated carbocycles. The number of carbonyl (C=O) groups is 1. The van der Waals surface area contributed by atoms with Crippen molar-refractivity contribution in [3.63, 3.8) is 0 Å². The van der Waals surface area contributed by atoms with Gasteiger partial charge in [0, 0.05) is 26.2 Å². The lowest BCUT2D eigenvalue weighted by atomic mass is 10.1. The molecule has 0 aromatic carbocycles. The molecule has 1 saturated heterocycles. The maximum Gasteiger partial charge on any atom is 0.254 e. The number of anilines is 1. The minimum absolute atomic E-state index is 0.130. The fourth-order valence-electron chi connectivity index (χ4n) is 2.46. The Morgan fingerprint density at radius 1 is 1.47 bits per heavy atom. The van der Waals surface area contributed by atoms with Crippen molar-refractivity contribution in [2.24, 2.45) is 24.4 Å². The van der Waals surface area contributed by atoms with E-state index in [1.807, 2.05) is 7.05 Å². The number of rotatable bonds is 2. The SMILES string of the molecule is Cc1nn(C)c(N2CC(C)C(N)C2)c1C(N)=O. The van der Waals surface area contributed by atoms with E-state index < -0.39 is 5.91 Å². The first kappa shape index (κ1) is 11.9. The van der Waals surface area contributed by atoms with Crippen molar-refractivity contribution >= 4 is 11.7 Å².